The summed E-state index contributed by atoms with van der Waals surface area (Å²) in [5, 5.41) is 0. The smallest absolute Gasteiger partial charge is 0.231 e. The van der Waals surface area contributed by atoms with E-state index in [1.54, 1.807) is 6.08 Å². The van der Waals surface area contributed by atoms with Crippen molar-refractivity contribution < 1.29 is 14.2 Å². The number of hydrogen-bond donors (Lipinski definition) is 0. The Morgan fingerprint density at radius 1 is 1.14 bits per heavy atom. The third-order valence-corrected chi connectivity index (χ3v) is 6.07. The van der Waals surface area contributed by atoms with Crippen LogP contribution in [0.4, 0.5) is 0 Å². The van der Waals surface area contributed by atoms with E-state index >= 15 is 0 Å². The van der Waals surface area contributed by atoms with Crippen molar-refractivity contribution in [3.8, 4) is 28.4 Å². The zero-order valence-electron chi connectivity index (χ0n) is 16.3. The summed E-state index contributed by atoms with van der Waals surface area (Å²) >= 11 is 0. The Bertz CT molecular complexity index is 979. The lowest BCUT2D eigenvalue weighted by Crippen LogP contribution is -2.36. The van der Waals surface area contributed by atoms with Crippen LogP contribution in [0.1, 0.15) is 28.3 Å². The summed E-state index contributed by atoms with van der Waals surface area (Å²) < 4.78 is 17.6. The molecule has 28 heavy (non-hydrogen) atoms. The van der Waals surface area contributed by atoms with Gasteiger partial charge in [0, 0.05) is 18.2 Å². The van der Waals surface area contributed by atoms with Gasteiger partial charge in [-0.2, -0.15) is 0 Å². The maximum atomic E-state index is 6.26. The van der Waals surface area contributed by atoms with Crippen LogP contribution in [0.5, 0.6) is 17.2 Å². The summed E-state index contributed by atoms with van der Waals surface area (Å²) in [5.41, 5.74) is 7.75. The molecule has 1 atom stereocenters. The van der Waals surface area contributed by atoms with Crippen LogP contribution in [0.3, 0.4) is 0 Å². The number of allylic oxidation sites excluding steroid dienone is 1. The van der Waals surface area contributed by atoms with Gasteiger partial charge >= 0.3 is 0 Å². The standard InChI is InChI=1S/C24H25NO3/c1-4-6-16-10-15-7-8-25(3)19-11-17-12-20-21(28-14-27-20)13-18(17)23(22(15)19)24(16)26-9-5-2/h4-5,10,12-13,19H,1-2,6-9,11,14H2,3H3. The van der Waals surface area contributed by atoms with Gasteiger partial charge in [0.05, 0.1) is 0 Å². The predicted molar refractivity (Wildman–Crippen MR) is 110 cm³/mol. The summed E-state index contributed by atoms with van der Waals surface area (Å²) in [6.07, 6.45) is 6.57. The van der Waals surface area contributed by atoms with E-state index in [1.807, 2.05) is 6.08 Å². The Morgan fingerprint density at radius 2 is 1.96 bits per heavy atom. The molecule has 0 saturated heterocycles. The zero-order chi connectivity index (χ0) is 19.3. The topological polar surface area (TPSA) is 30.9 Å². The Labute approximate surface area is 166 Å². The molecule has 4 heteroatoms. The highest BCUT2D eigenvalue weighted by atomic mass is 16.7. The molecule has 2 aliphatic heterocycles. The van der Waals surface area contributed by atoms with Gasteiger partial charge in [0.2, 0.25) is 6.79 Å². The number of benzene rings is 2. The van der Waals surface area contributed by atoms with Gasteiger partial charge in [-0.05, 0) is 66.3 Å². The first-order valence-corrected chi connectivity index (χ1v) is 9.87. The van der Waals surface area contributed by atoms with Crippen LogP contribution in [0.25, 0.3) is 11.1 Å². The van der Waals surface area contributed by atoms with E-state index in [2.05, 4.69) is 43.3 Å². The lowest BCUT2D eigenvalue weighted by molar-refractivity contribution is 0.174. The van der Waals surface area contributed by atoms with Gasteiger partial charge in [0.15, 0.2) is 11.5 Å². The van der Waals surface area contributed by atoms with Crippen molar-refractivity contribution >= 4 is 0 Å². The maximum absolute atomic E-state index is 6.26. The molecule has 2 aromatic carbocycles. The summed E-state index contributed by atoms with van der Waals surface area (Å²) in [4.78, 5) is 2.46. The van der Waals surface area contributed by atoms with Crippen LogP contribution in [0, 0.1) is 0 Å². The van der Waals surface area contributed by atoms with Gasteiger partial charge in [-0.15, -0.1) is 6.58 Å². The molecule has 1 unspecified atom stereocenters. The lowest BCUT2D eigenvalue weighted by Gasteiger charge is -2.41. The van der Waals surface area contributed by atoms with Gasteiger partial charge < -0.3 is 14.2 Å². The Kier molecular flexibility index (Phi) is 4.17. The SMILES string of the molecule is C=CCOc1c(CC=C)cc2c3c1-c1cc4c(cc1CC3N(C)CC2)OCO4. The third kappa shape index (κ3) is 2.55. The first-order valence-electron chi connectivity index (χ1n) is 9.87. The van der Waals surface area contributed by atoms with Crippen LogP contribution in [-0.2, 0) is 19.3 Å². The third-order valence-electron chi connectivity index (χ3n) is 6.07. The molecule has 4 nitrogen and oxygen atoms in total. The molecule has 0 spiro atoms. The Balaban J connectivity index is 1.81. The largest absolute Gasteiger partial charge is 0.489 e. The number of fused-ring (bicyclic) bond motifs is 3. The van der Waals surface area contributed by atoms with Crippen LogP contribution < -0.4 is 14.2 Å². The molecular formula is C24H25NO3. The van der Waals surface area contributed by atoms with Crippen molar-refractivity contribution in [3.05, 3.63) is 65.8 Å². The summed E-state index contributed by atoms with van der Waals surface area (Å²) in [5.74, 6) is 2.62. The molecule has 144 valence electrons. The fraction of sp³-hybridized carbons (Fsp3) is 0.333. The van der Waals surface area contributed by atoms with Crippen LogP contribution in [0.15, 0.2) is 43.5 Å². The average Bonchev–Trinajstić information content (AvgIpc) is 3.15. The molecule has 0 radical (unpaired) electrons. The van der Waals surface area contributed by atoms with E-state index in [9.17, 15) is 0 Å². The lowest BCUT2D eigenvalue weighted by atomic mass is 9.75. The molecule has 0 saturated carbocycles. The number of nitrogens with zero attached hydrogens (tertiary/aromatic N) is 1. The minimum absolute atomic E-state index is 0.288. The first-order chi connectivity index (χ1) is 13.7. The maximum Gasteiger partial charge on any atom is 0.231 e. The highest BCUT2D eigenvalue weighted by molar-refractivity contribution is 5.84. The van der Waals surface area contributed by atoms with Crippen molar-refractivity contribution in [3.63, 3.8) is 0 Å². The molecule has 0 bridgehead atoms. The number of rotatable bonds is 5. The van der Waals surface area contributed by atoms with Gasteiger partial charge in [-0.1, -0.05) is 24.8 Å². The fourth-order valence-corrected chi connectivity index (χ4v) is 4.79. The minimum Gasteiger partial charge on any atom is -0.489 e. The van der Waals surface area contributed by atoms with E-state index < -0.39 is 0 Å². The zero-order valence-corrected chi connectivity index (χ0v) is 16.3. The average molecular weight is 375 g/mol. The molecule has 1 aliphatic carbocycles. The summed E-state index contributed by atoms with van der Waals surface area (Å²) in [7, 11) is 2.22. The molecule has 5 rings (SSSR count). The second kappa shape index (κ2) is 6.71. The second-order valence-electron chi connectivity index (χ2n) is 7.72. The molecule has 0 N–H and O–H groups in total. The van der Waals surface area contributed by atoms with E-state index in [1.165, 1.54) is 33.4 Å². The summed E-state index contributed by atoms with van der Waals surface area (Å²) in [6.45, 7) is 9.63. The molecule has 0 aromatic heterocycles. The highest BCUT2D eigenvalue weighted by Crippen LogP contribution is 2.53. The van der Waals surface area contributed by atoms with Gasteiger partial charge in [-0.25, -0.2) is 0 Å². The van der Waals surface area contributed by atoms with Crippen LogP contribution in [0.2, 0.25) is 0 Å². The normalized spacial score (nSPS) is 19.0. The second-order valence-corrected chi connectivity index (χ2v) is 7.72. The van der Waals surface area contributed by atoms with E-state index in [-0.39, 0.29) is 6.79 Å². The van der Waals surface area contributed by atoms with E-state index in [4.69, 9.17) is 14.2 Å². The summed E-state index contributed by atoms with van der Waals surface area (Å²) in [6, 6.07) is 6.98. The van der Waals surface area contributed by atoms with Crippen LogP contribution in [-0.4, -0.2) is 31.9 Å². The molecule has 0 fully saturated rings. The van der Waals surface area contributed by atoms with Gasteiger partial charge in [-0.3, -0.25) is 4.90 Å². The van der Waals surface area contributed by atoms with Crippen molar-refractivity contribution in [2.24, 2.45) is 0 Å². The minimum atomic E-state index is 0.288. The van der Waals surface area contributed by atoms with Crippen LogP contribution >= 0.6 is 0 Å². The first kappa shape index (κ1) is 17.4. The molecule has 3 aliphatic rings. The molecular weight excluding hydrogens is 350 g/mol. The highest BCUT2D eigenvalue weighted by Gasteiger charge is 2.37. The van der Waals surface area contributed by atoms with Crippen molar-refractivity contribution in [2.45, 2.75) is 25.3 Å². The van der Waals surface area contributed by atoms with Gasteiger partial charge in [0.25, 0.3) is 0 Å². The Morgan fingerprint density at radius 3 is 2.75 bits per heavy atom. The molecule has 0 amide bonds. The Hall–Kier alpha value is -2.72. The number of likely N-dealkylation sites (N-methyl/N-ethyl adjacent to an activating group) is 1. The van der Waals surface area contributed by atoms with Gasteiger partial charge in [0.1, 0.15) is 12.4 Å². The van der Waals surface area contributed by atoms with Crippen molar-refractivity contribution in [1.29, 1.82) is 0 Å². The monoisotopic (exact) mass is 375 g/mol. The fourth-order valence-electron chi connectivity index (χ4n) is 4.79. The van der Waals surface area contributed by atoms with Crippen molar-refractivity contribution in [1.82, 2.24) is 4.90 Å². The van der Waals surface area contributed by atoms with E-state index in [0.717, 1.165) is 43.1 Å². The number of ether oxygens (including phenoxy) is 3. The molecule has 2 heterocycles. The predicted octanol–water partition coefficient (Wildman–Crippen LogP) is 4.46. The van der Waals surface area contributed by atoms with E-state index in [0.29, 0.717) is 12.6 Å². The quantitative estimate of drug-likeness (QED) is 0.722. The number of hydrogen-bond acceptors (Lipinski definition) is 4. The molecule has 2 aromatic rings. The van der Waals surface area contributed by atoms with Crippen molar-refractivity contribution in [2.75, 3.05) is 27.0 Å².